The molecule has 0 amide bonds. The Morgan fingerprint density at radius 2 is 2.09 bits per heavy atom. The highest BCUT2D eigenvalue weighted by Gasteiger charge is 2.13. The molecule has 0 aromatic heterocycles. The molecule has 0 radical (unpaired) electrons. The Kier molecular flexibility index (Phi) is 2.64. The van der Waals surface area contributed by atoms with Crippen molar-refractivity contribution in [1.29, 1.82) is 0 Å². The molecule has 0 bridgehead atoms. The van der Waals surface area contributed by atoms with Gasteiger partial charge in [-0.25, -0.2) is 0 Å². The number of allylic oxidation sites excluding steroid dienone is 3. The molecule has 0 aliphatic heterocycles. The maximum atomic E-state index is 11.2. The maximum Gasteiger partial charge on any atom is 0.181 e. The summed E-state index contributed by atoms with van der Waals surface area (Å²) in [5, 5.41) is 0. The van der Waals surface area contributed by atoms with Gasteiger partial charge < -0.3 is 0 Å². The first-order valence-electron chi connectivity index (χ1n) is 4.11. The van der Waals surface area contributed by atoms with Crippen molar-refractivity contribution in [3.8, 4) is 0 Å². The van der Waals surface area contributed by atoms with Crippen LogP contribution < -0.4 is 0 Å². The van der Waals surface area contributed by atoms with E-state index >= 15 is 0 Å². The Bertz CT molecular complexity index is 211. The van der Waals surface area contributed by atoms with Gasteiger partial charge in [-0.3, -0.25) is 4.79 Å². The second-order valence-corrected chi connectivity index (χ2v) is 3.03. The number of ketones is 1. The molecule has 1 aliphatic rings. The van der Waals surface area contributed by atoms with Crippen molar-refractivity contribution in [3.05, 3.63) is 23.8 Å². The fourth-order valence-electron chi connectivity index (χ4n) is 1.51. The van der Waals surface area contributed by atoms with E-state index in [9.17, 15) is 4.79 Å². The van der Waals surface area contributed by atoms with Crippen molar-refractivity contribution in [2.24, 2.45) is 0 Å². The van der Waals surface area contributed by atoms with Crippen LogP contribution in [0.25, 0.3) is 0 Å². The fourth-order valence-corrected chi connectivity index (χ4v) is 1.51. The van der Waals surface area contributed by atoms with Crippen LogP contribution in [0.3, 0.4) is 0 Å². The lowest BCUT2D eigenvalue weighted by atomic mass is 9.90. The molecule has 60 valence electrons. The van der Waals surface area contributed by atoms with E-state index < -0.39 is 0 Å². The Morgan fingerprint density at radius 1 is 1.45 bits per heavy atom. The van der Waals surface area contributed by atoms with Crippen molar-refractivity contribution in [1.82, 2.24) is 0 Å². The van der Waals surface area contributed by atoms with Crippen molar-refractivity contribution in [2.75, 3.05) is 0 Å². The van der Waals surface area contributed by atoms with E-state index in [2.05, 4.69) is 13.5 Å². The zero-order chi connectivity index (χ0) is 8.27. The molecule has 1 nitrogen and oxygen atoms in total. The molecule has 1 heteroatoms. The minimum atomic E-state index is 0.127. The molecular weight excluding hydrogens is 136 g/mol. The molecule has 0 fully saturated rings. The van der Waals surface area contributed by atoms with Gasteiger partial charge in [-0.1, -0.05) is 12.2 Å². The van der Waals surface area contributed by atoms with Crippen LogP contribution >= 0.6 is 0 Å². The van der Waals surface area contributed by atoms with E-state index in [1.807, 2.05) is 0 Å². The first-order chi connectivity index (χ1) is 5.25. The summed E-state index contributed by atoms with van der Waals surface area (Å²) < 4.78 is 0. The van der Waals surface area contributed by atoms with Gasteiger partial charge >= 0.3 is 0 Å². The molecule has 0 saturated carbocycles. The molecule has 0 saturated heterocycles. The summed E-state index contributed by atoms with van der Waals surface area (Å²) in [4.78, 5) is 11.2. The Balaban J connectivity index is 2.81. The minimum Gasteiger partial charge on any atom is -0.290 e. The average molecular weight is 150 g/mol. The quantitative estimate of drug-likeness (QED) is 0.553. The van der Waals surface area contributed by atoms with Gasteiger partial charge in [0.15, 0.2) is 5.78 Å². The molecule has 11 heavy (non-hydrogen) atoms. The third-order valence-corrected chi connectivity index (χ3v) is 2.23. The van der Waals surface area contributed by atoms with Crippen LogP contribution in [0.5, 0.6) is 0 Å². The van der Waals surface area contributed by atoms with Gasteiger partial charge in [0.05, 0.1) is 0 Å². The van der Waals surface area contributed by atoms with Crippen LogP contribution in [0.1, 0.15) is 32.6 Å². The van der Waals surface area contributed by atoms with E-state index in [-0.39, 0.29) is 5.78 Å². The molecule has 1 aliphatic carbocycles. The molecule has 0 N–H and O–H groups in total. The van der Waals surface area contributed by atoms with Crippen molar-refractivity contribution >= 4 is 5.78 Å². The average Bonchev–Trinajstić information content (AvgIpc) is 2.04. The van der Waals surface area contributed by atoms with E-state index in [0.29, 0.717) is 0 Å². The molecule has 0 spiro atoms. The third kappa shape index (κ3) is 1.79. The largest absolute Gasteiger partial charge is 0.290 e. The van der Waals surface area contributed by atoms with Gasteiger partial charge in [-0.05, 0) is 44.3 Å². The third-order valence-electron chi connectivity index (χ3n) is 2.23. The smallest absolute Gasteiger partial charge is 0.181 e. The summed E-state index contributed by atoms with van der Waals surface area (Å²) in [5.41, 5.74) is 2.27. The monoisotopic (exact) mass is 150 g/mol. The normalized spacial score (nSPS) is 18.3. The van der Waals surface area contributed by atoms with Crippen LogP contribution in [0, 0.1) is 0 Å². The maximum absolute atomic E-state index is 11.2. The highest BCUT2D eigenvalue weighted by molar-refractivity contribution is 6.04. The second-order valence-electron chi connectivity index (χ2n) is 3.03. The molecule has 0 aromatic carbocycles. The lowest BCUT2D eigenvalue weighted by Gasteiger charge is -2.14. The zero-order valence-corrected chi connectivity index (χ0v) is 7.02. The molecule has 0 aromatic rings. The van der Waals surface area contributed by atoms with Crippen molar-refractivity contribution < 1.29 is 4.79 Å². The molecule has 0 heterocycles. The van der Waals surface area contributed by atoms with Gasteiger partial charge in [0.1, 0.15) is 0 Å². The standard InChI is InChI=1S/C10H14O/c1-3-10(11)9-7-5-4-6-8(9)2/h3H,1,4-7H2,2H3. The highest BCUT2D eigenvalue weighted by Crippen LogP contribution is 2.24. The van der Waals surface area contributed by atoms with Crippen LogP contribution in [0.15, 0.2) is 23.8 Å². The summed E-state index contributed by atoms with van der Waals surface area (Å²) in [6.07, 6.45) is 5.86. The topological polar surface area (TPSA) is 17.1 Å². The first kappa shape index (κ1) is 8.25. The summed E-state index contributed by atoms with van der Waals surface area (Å²) in [5.74, 6) is 0.127. The summed E-state index contributed by atoms with van der Waals surface area (Å²) >= 11 is 0. The van der Waals surface area contributed by atoms with Crippen molar-refractivity contribution in [2.45, 2.75) is 32.6 Å². The van der Waals surface area contributed by atoms with Crippen LogP contribution in [0.4, 0.5) is 0 Å². The zero-order valence-electron chi connectivity index (χ0n) is 7.02. The van der Waals surface area contributed by atoms with Crippen LogP contribution in [-0.2, 0) is 4.79 Å². The predicted octanol–water partition coefficient (Wildman–Crippen LogP) is 2.63. The SMILES string of the molecule is C=CC(=O)C1=C(C)CCCC1. The lowest BCUT2D eigenvalue weighted by molar-refractivity contribution is -0.111. The summed E-state index contributed by atoms with van der Waals surface area (Å²) in [6, 6.07) is 0. The molecule has 0 atom stereocenters. The van der Waals surface area contributed by atoms with E-state index in [4.69, 9.17) is 0 Å². The van der Waals surface area contributed by atoms with Gasteiger partial charge in [0.25, 0.3) is 0 Å². The van der Waals surface area contributed by atoms with E-state index in [0.717, 1.165) is 24.8 Å². The van der Waals surface area contributed by atoms with Gasteiger partial charge in [0, 0.05) is 0 Å². The van der Waals surface area contributed by atoms with Crippen LogP contribution in [-0.4, -0.2) is 5.78 Å². The van der Waals surface area contributed by atoms with Gasteiger partial charge in [-0.2, -0.15) is 0 Å². The number of rotatable bonds is 2. The van der Waals surface area contributed by atoms with E-state index in [1.54, 1.807) is 0 Å². The lowest BCUT2D eigenvalue weighted by Crippen LogP contribution is -2.05. The summed E-state index contributed by atoms with van der Waals surface area (Å²) in [7, 11) is 0. The fraction of sp³-hybridized carbons (Fsp3) is 0.500. The summed E-state index contributed by atoms with van der Waals surface area (Å²) in [6.45, 7) is 5.54. The van der Waals surface area contributed by atoms with E-state index in [1.165, 1.54) is 18.1 Å². The first-order valence-corrected chi connectivity index (χ1v) is 4.11. The molecule has 0 unspecified atom stereocenters. The number of carbonyl (C=O) groups excluding carboxylic acids is 1. The van der Waals surface area contributed by atoms with Gasteiger partial charge in [0.2, 0.25) is 0 Å². The molecular formula is C10H14O. The van der Waals surface area contributed by atoms with Crippen molar-refractivity contribution in [3.63, 3.8) is 0 Å². The molecule has 1 rings (SSSR count). The highest BCUT2D eigenvalue weighted by atomic mass is 16.1. The Hall–Kier alpha value is -0.850. The van der Waals surface area contributed by atoms with Gasteiger partial charge in [-0.15, -0.1) is 0 Å². The Morgan fingerprint density at radius 3 is 2.64 bits per heavy atom. The van der Waals surface area contributed by atoms with Crippen LogP contribution in [0.2, 0.25) is 0 Å². The predicted molar refractivity (Wildman–Crippen MR) is 46.4 cm³/mol. The second kappa shape index (κ2) is 3.51. The Labute approximate surface area is 67.8 Å². The minimum absolute atomic E-state index is 0.127. The number of hydrogen-bond donors (Lipinski definition) is 0. The number of hydrogen-bond acceptors (Lipinski definition) is 1. The number of carbonyl (C=O) groups is 1.